The Morgan fingerprint density at radius 1 is 1.02 bits per heavy atom. The first-order chi connectivity index (χ1) is 19.5. The fourth-order valence-electron chi connectivity index (χ4n) is 3.94. The third-order valence-electron chi connectivity index (χ3n) is 5.96. The molecule has 1 aromatic heterocycles. The molecule has 4 aromatic rings. The summed E-state index contributed by atoms with van der Waals surface area (Å²) in [6, 6.07) is 8.87. The van der Waals surface area contributed by atoms with E-state index in [9.17, 15) is 26.5 Å². The fraction of sp³-hybridized carbons (Fsp3) is 0.208. The summed E-state index contributed by atoms with van der Waals surface area (Å²) in [5.74, 6) is -0.849. The smallest absolute Gasteiger partial charge is 0.296 e. The second kappa shape index (κ2) is 11.6. The monoisotopic (exact) mass is 636 g/mol. The molecule has 222 valence electrons. The van der Waals surface area contributed by atoms with Gasteiger partial charge < -0.3 is 21.1 Å². The third-order valence-corrected chi connectivity index (χ3v) is 7.71. The summed E-state index contributed by atoms with van der Waals surface area (Å²) in [4.78, 5) is 12.6. The van der Waals surface area contributed by atoms with Gasteiger partial charge in [-0.15, -0.1) is 10.2 Å². The number of fused-ring (bicyclic) bond motifs is 1. The Bertz CT molecular complexity index is 1950. The van der Waals surface area contributed by atoms with E-state index >= 15 is 0 Å². The Kier molecular flexibility index (Phi) is 8.51. The lowest BCUT2D eigenvalue weighted by atomic mass is 10.0. The molecule has 18 heteroatoms. The number of nitrogen functional groups attached to an aromatic ring is 1. The minimum atomic E-state index is -4.82. The maximum atomic E-state index is 12.3. The number of nitrogens with zero attached hydrogens (tertiary/aromatic N) is 6. The molecule has 0 radical (unpaired) electrons. The molecule has 1 heterocycles. The molecule has 0 amide bonds. The van der Waals surface area contributed by atoms with Crippen LogP contribution in [0, 0.1) is 13.8 Å². The summed E-state index contributed by atoms with van der Waals surface area (Å²) >= 11 is 5.98. The highest BCUT2D eigenvalue weighted by atomic mass is 35.5. The molecule has 0 saturated heterocycles. The molecule has 0 fully saturated rings. The zero-order valence-electron chi connectivity index (χ0n) is 22.3. The number of hydrogen-bond donors (Lipinski definition) is 5. The number of aromatic hydroxyl groups is 1. The SMILES string of the molecule is Cc1cc(O)c2c(N=Nc3ccc(Nc4nc(Cl)nc(N(C)CCS(=O)(=O)O)n4)cc3S(=O)(=O)O)c(N)c(C)cc2c1. The number of aryl methyl sites for hydroxylation is 2. The van der Waals surface area contributed by atoms with Crippen molar-refractivity contribution in [2.45, 2.75) is 18.7 Å². The first-order valence-corrected chi connectivity index (χ1v) is 15.3. The molecule has 0 spiro atoms. The lowest BCUT2D eigenvalue weighted by Gasteiger charge is -2.17. The Balaban J connectivity index is 1.70. The van der Waals surface area contributed by atoms with E-state index in [0.29, 0.717) is 16.3 Å². The van der Waals surface area contributed by atoms with Crippen LogP contribution in [-0.2, 0) is 20.2 Å². The van der Waals surface area contributed by atoms with Crippen LogP contribution in [-0.4, -0.2) is 65.3 Å². The van der Waals surface area contributed by atoms with Gasteiger partial charge in [-0.2, -0.15) is 31.8 Å². The van der Waals surface area contributed by atoms with Crippen LogP contribution in [0.3, 0.4) is 0 Å². The lowest BCUT2D eigenvalue weighted by molar-refractivity contribution is 0.480. The van der Waals surface area contributed by atoms with Crippen LogP contribution in [0.25, 0.3) is 10.8 Å². The molecule has 3 aromatic carbocycles. The summed E-state index contributed by atoms with van der Waals surface area (Å²) in [6.45, 7) is 3.40. The number of rotatable bonds is 9. The Labute approximate surface area is 245 Å². The average Bonchev–Trinajstić information content (AvgIpc) is 2.86. The van der Waals surface area contributed by atoms with Gasteiger partial charge in [0.05, 0.1) is 16.8 Å². The number of nitrogens with one attached hydrogen (secondary N) is 1. The number of nitrogens with two attached hydrogens (primary N) is 1. The molecule has 4 rings (SSSR count). The Hall–Kier alpha value is -4.16. The predicted octanol–water partition coefficient (Wildman–Crippen LogP) is 4.31. The number of benzene rings is 3. The summed E-state index contributed by atoms with van der Waals surface area (Å²) in [5.41, 5.74) is 7.90. The quantitative estimate of drug-likeness (QED) is 0.0979. The molecule has 0 aliphatic heterocycles. The van der Waals surface area contributed by atoms with E-state index in [0.717, 1.165) is 11.6 Å². The van der Waals surface area contributed by atoms with Gasteiger partial charge in [-0.1, -0.05) is 6.07 Å². The lowest BCUT2D eigenvalue weighted by Crippen LogP contribution is -2.27. The molecular formula is C24H25ClN8O7S2. The summed E-state index contributed by atoms with van der Waals surface area (Å²) in [5, 5.41) is 22.2. The second-order valence-corrected chi connectivity index (χ2v) is 12.6. The van der Waals surface area contributed by atoms with Crippen molar-refractivity contribution >= 4 is 77.3 Å². The molecule has 15 nitrogen and oxygen atoms in total. The number of phenols is 1. The zero-order chi connectivity index (χ0) is 31.0. The van der Waals surface area contributed by atoms with Gasteiger partial charge in [-0.25, -0.2) is 0 Å². The first kappa shape index (κ1) is 30.8. The molecule has 0 aliphatic carbocycles. The van der Waals surface area contributed by atoms with Gasteiger partial charge >= 0.3 is 0 Å². The number of anilines is 4. The van der Waals surface area contributed by atoms with Crippen LogP contribution < -0.4 is 16.0 Å². The van der Waals surface area contributed by atoms with Gasteiger partial charge in [0.2, 0.25) is 17.2 Å². The topological polar surface area (TPSA) is 234 Å². The second-order valence-electron chi connectivity index (χ2n) is 9.26. The van der Waals surface area contributed by atoms with Gasteiger partial charge in [0.1, 0.15) is 22.0 Å². The zero-order valence-corrected chi connectivity index (χ0v) is 24.7. The largest absolute Gasteiger partial charge is 0.507 e. The van der Waals surface area contributed by atoms with Crippen LogP contribution >= 0.6 is 11.6 Å². The van der Waals surface area contributed by atoms with E-state index in [1.54, 1.807) is 13.0 Å². The van der Waals surface area contributed by atoms with Crippen molar-refractivity contribution in [3.63, 3.8) is 0 Å². The van der Waals surface area contributed by atoms with Crippen molar-refractivity contribution in [3.05, 3.63) is 52.8 Å². The van der Waals surface area contributed by atoms with Crippen LogP contribution in [0.5, 0.6) is 5.75 Å². The van der Waals surface area contributed by atoms with Crippen LogP contribution in [0.2, 0.25) is 5.28 Å². The number of aromatic nitrogens is 3. The molecule has 0 unspecified atom stereocenters. The van der Waals surface area contributed by atoms with Gasteiger partial charge in [-0.3, -0.25) is 9.11 Å². The van der Waals surface area contributed by atoms with Gasteiger partial charge in [0, 0.05) is 19.3 Å². The van der Waals surface area contributed by atoms with Crippen molar-refractivity contribution in [3.8, 4) is 5.75 Å². The maximum Gasteiger partial charge on any atom is 0.296 e. The van der Waals surface area contributed by atoms with Crippen LogP contribution in [0.4, 0.5) is 34.6 Å². The van der Waals surface area contributed by atoms with Gasteiger partial charge in [-0.05, 0) is 72.3 Å². The molecule has 6 N–H and O–H groups in total. The van der Waals surface area contributed by atoms with E-state index in [1.807, 2.05) is 13.0 Å². The molecule has 0 aliphatic rings. The highest BCUT2D eigenvalue weighted by molar-refractivity contribution is 7.86. The predicted molar refractivity (Wildman–Crippen MR) is 158 cm³/mol. The summed E-state index contributed by atoms with van der Waals surface area (Å²) in [7, 11) is -7.60. The van der Waals surface area contributed by atoms with E-state index in [1.165, 1.54) is 30.1 Å². The minimum Gasteiger partial charge on any atom is -0.507 e. The van der Waals surface area contributed by atoms with E-state index in [-0.39, 0.29) is 52.2 Å². The third kappa shape index (κ3) is 7.18. The van der Waals surface area contributed by atoms with E-state index in [2.05, 4.69) is 30.5 Å². The van der Waals surface area contributed by atoms with Crippen LogP contribution in [0.15, 0.2) is 51.5 Å². The standard InChI is InChI=1S/C24H25ClN8O7S2/c1-12-8-14-10-13(2)20(26)21(19(14)17(34)9-12)32-31-16-5-4-15(11-18(16)42(38,39)40)27-23-28-22(25)29-24(30-23)33(3)6-7-41(35,36)37/h4-5,8-11,34H,6-7,26H2,1-3H3,(H,35,36,37)(H,38,39,40)(H,27,28,29,30). The van der Waals surface area contributed by atoms with E-state index < -0.39 is 30.9 Å². The molecular weight excluding hydrogens is 612 g/mol. The van der Waals surface area contributed by atoms with Crippen molar-refractivity contribution in [2.24, 2.45) is 10.2 Å². The fourth-order valence-corrected chi connectivity index (χ4v) is 5.24. The summed E-state index contributed by atoms with van der Waals surface area (Å²) < 4.78 is 65.6. The molecule has 0 bridgehead atoms. The normalized spacial score (nSPS) is 12.2. The minimum absolute atomic E-state index is 0.0389. The maximum absolute atomic E-state index is 12.3. The van der Waals surface area contributed by atoms with Crippen LogP contribution in [0.1, 0.15) is 11.1 Å². The summed E-state index contributed by atoms with van der Waals surface area (Å²) in [6.07, 6.45) is 0. The van der Waals surface area contributed by atoms with Crippen molar-refractivity contribution < 1.29 is 31.0 Å². The first-order valence-electron chi connectivity index (χ1n) is 11.9. The Morgan fingerprint density at radius 2 is 1.74 bits per heavy atom. The highest BCUT2D eigenvalue weighted by Gasteiger charge is 2.19. The van der Waals surface area contributed by atoms with Gasteiger partial charge in [0.25, 0.3) is 20.2 Å². The number of hydrogen-bond acceptors (Lipinski definition) is 13. The number of phenolic OH excluding ortho intramolecular Hbond substituents is 1. The molecule has 0 atom stereocenters. The van der Waals surface area contributed by atoms with Gasteiger partial charge in [0.15, 0.2) is 0 Å². The molecule has 42 heavy (non-hydrogen) atoms. The highest BCUT2D eigenvalue weighted by Crippen LogP contribution is 2.42. The van der Waals surface area contributed by atoms with Crippen molar-refractivity contribution in [1.82, 2.24) is 15.0 Å². The van der Waals surface area contributed by atoms with Crippen molar-refractivity contribution in [1.29, 1.82) is 0 Å². The average molecular weight is 637 g/mol. The number of azo groups is 1. The molecule has 0 saturated carbocycles. The van der Waals surface area contributed by atoms with Crippen molar-refractivity contribution in [2.75, 3.05) is 35.3 Å². The Morgan fingerprint density at radius 3 is 2.40 bits per heavy atom. The van der Waals surface area contributed by atoms with E-state index in [4.69, 9.17) is 21.9 Å². The number of halogens is 1.